The topological polar surface area (TPSA) is 76.6 Å². The summed E-state index contributed by atoms with van der Waals surface area (Å²) in [6, 6.07) is 6.86. The zero-order valence-electron chi connectivity index (χ0n) is 10.9. The number of benzene rings is 1. The Morgan fingerprint density at radius 2 is 1.95 bits per heavy atom. The molecule has 106 valence electrons. The Morgan fingerprint density at radius 3 is 2.57 bits per heavy atom. The number of hydrogen-bond donors (Lipinski definition) is 1. The van der Waals surface area contributed by atoms with Gasteiger partial charge in [0.1, 0.15) is 5.56 Å². The molecule has 0 aliphatic rings. The van der Waals surface area contributed by atoms with Gasteiger partial charge in [-0.25, -0.2) is 9.78 Å². The van der Waals surface area contributed by atoms with Crippen molar-refractivity contribution in [1.82, 2.24) is 14.2 Å². The highest BCUT2D eigenvalue weighted by atomic mass is 35.5. The molecule has 2 heterocycles. The molecule has 1 aromatic carbocycles. The molecule has 0 spiro atoms. The zero-order chi connectivity index (χ0) is 15.1. The Balaban J connectivity index is 2.38. The van der Waals surface area contributed by atoms with Gasteiger partial charge in [-0.05, 0) is 31.2 Å². The molecule has 0 radical (unpaired) electrons. The Kier molecular flexibility index (Phi) is 3.03. The van der Waals surface area contributed by atoms with Gasteiger partial charge in [-0.2, -0.15) is 4.52 Å². The number of carboxylic acid groups (broad SMARTS) is 1. The normalized spacial score (nSPS) is 11.0. The molecule has 0 saturated carbocycles. The predicted octanol–water partition coefficient (Wildman–Crippen LogP) is 2.15. The lowest BCUT2D eigenvalue weighted by atomic mass is 10.3. The van der Waals surface area contributed by atoms with E-state index in [1.54, 1.807) is 42.1 Å². The van der Waals surface area contributed by atoms with E-state index < -0.39 is 11.5 Å². The summed E-state index contributed by atoms with van der Waals surface area (Å²) in [5.74, 6) is -1.30. The van der Waals surface area contributed by atoms with Crippen molar-refractivity contribution in [2.75, 3.05) is 0 Å². The fourth-order valence-electron chi connectivity index (χ4n) is 2.14. The van der Waals surface area contributed by atoms with Crippen LogP contribution in [0.2, 0.25) is 5.02 Å². The van der Waals surface area contributed by atoms with Gasteiger partial charge in [0.25, 0.3) is 5.56 Å². The highest BCUT2D eigenvalue weighted by molar-refractivity contribution is 6.30. The average molecular weight is 304 g/mol. The minimum absolute atomic E-state index is 0.374. The van der Waals surface area contributed by atoms with Crippen molar-refractivity contribution < 1.29 is 9.90 Å². The highest BCUT2D eigenvalue weighted by Gasteiger charge is 2.16. The number of aromatic nitrogens is 3. The summed E-state index contributed by atoms with van der Waals surface area (Å²) in [6.45, 7) is 1.80. The van der Waals surface area contributed by atoms with Crippen LogP contribution in [0.5, 0.6) is 0 Å². The molecule has 0 saturated heterocycles. The van der Waals surface area contributed by atoms with Crippen LogP contribution in [-0.4, -0.2) is 25.3 Å². The van der Waals surface area contributed by atoms with Crippen LogP contribution >= 0.6 is 11.6 Å². The van der Waals surface area contributed by atoms with Gasteiger partial charge in [-0.3, -0.25) is 9.48 Å². The maximum Gasteiger partial charge on any atom is 0.343 e. The van der Waals surface area contributed by atoms with Crippen molar-refractivity contribution in [2.24, 2.45) is 0 Å². The van der Waals surface area contributed by atoms with Gasteiger partial charge in [0.2, 0.25) is 0 Å². The van der Waals surface area contributed by atoms with Crippen LogP contribution in [-0.2, 0) is 0 Å². The summed E-state index contributed by atoms with van der Waals surface area (Å²) in [4.78, 5) is 27.5. The Labute approximate surface area is 123 Å². The van der Waals surface area contributed by atoms with E-state index >= 15 is 0 Å². The van der Waals surface area contributed by atoms with E-state index in [2.05, 4.69) is 4.98 Å². The van der Waals surface area contributed by atoms with Crippen LogP contribution in [0.1, 0.15) is 15.9 Å². The maximum atomic E-state index is 12.3. The minimum atomic E-state index is -1.30. The molecular weight excluding hydrogens is 294 g/mol. The Morgan fingerprint density at radius 1 is 1.29 bits per heavy atom. The largest absolute Gasteiger partial charge is 0.477 e. The lowest BCUT2D eigenvalue weighted by Gasteiger charge is -2.06. The summed E-state index contributed by atoms with van der Waals surface area (Å²) < 4.78 is 2.80. The van der Waals surface area contributed by atoms with Gasteiger partial charge in [-0.15, -0.1) is 0 Å². The molecule has 0 amide bonds. The molecule has 0 aliphatic heterocycles. The van der Waals surface area contributed by atoms with Gasteiger partial charge >= 0.3 is 5.97 Å². The molecule has 0 unspecified atom stereocenters. The Bertz CT molecular complexity index is 910. The van der Waals surface area contributed by atoms with Crippen molar-refractivity contribution in [2.45, 2.75) is 6.92 Å². The van der Waals surface area contributed by atoms with Gasteiger partial charge < -0.3 is 5.11 Å². The number of fused-ring (bicyclic) bond motifs is 1. The van der Waals surface area contributed by atoms with E-state index in [1.165, 1.54) is 4.52 Å². The third-order valence-electron chi connectivity index (χ3n) is 3.15. The molecule has 3 aromatic rings. The first kappa shape index (κ1) is 13.4. The van der Waals surface area contributed by atoms with E-state index in [0.29, 0.717) is 16.4 Å². The number of carbonyl (C=O) groups is 1. The molecule has 3 rings (SSSR count). The maximum absolute atomic E-state index is 12.3. The van der Waals surface area contributed by atoms with Crippen LogP contribution in [0.4, 0.5) is 0 Å². The first-order valence-corrected chi connectivity index (χ1v) is 6.46. The van der Waals surface area contributed by atoms with Crippen LogP contribution in [0.25, 0.3) is 11.3 Å². The van der Waals surface area contributed by atoms with E-state index in [4.69, 9.17) is 16.7 Å². The van der Waals surface area contributed by atoms with Gasteiger partial charge in [0.05, 0.1) is 5.69 Å². The van der Waals surface area contributed by atoms with E-state index in [-0.39, 0.29) is 5.56 Å². The first-order valence-electron chi connectivity index (χ1n) is 6.08. The van der Waals surface area contributed by atoms with E-state index in [1.807, 2.05) is 0 Å². The second-order valence-electron chi connectivity index (χ2n) is 4.55. The van der Waals surface area contributed by atoms with Crippen LogP contribution in [0.3, 0.4) is 0 Å². The van der Waals surface area contributed by atoms with E-state index in [0.717, 1.165) is 11.8 Å². The molecule has 0 bridgehead atoms. The fraction of sp³-hybridized carbons (Fsp3) is 0.0714. The van der Waals surface area contributed by atoms with Gasteiger partial charge in [0.15, 0.2) is 5.65 Å². The molecular formula is C14H10ClN3O3. The third kappa shape index (κ3) is 2.09. The molecule has 0 fully saturated rings. The van der Waals surface area contributed by atoms with Crippen LogP contribution in [0.15, 0.2) is 41.5 Å². The number of hydrogen-bond acceptors (Lipinski definition) is 3. The standard InChI is InChI=1S/C14H10ClN3O3/c1-8-7-17(10-4-2-9(15)3-5-10)18-12(8)16-6-11(13(18)19)14(20)21/h2-7H,1H3,(H,20,21). The summed E-state index contributed by atoms with van der Waals surface area (Å²) in [6.07, 6.45) is 2.80. The lowest BCUT2D eigenvalue weighted by Crippen LogP contribution is -2.26. The second kappa shape index (κ2) is 4.75. The molecule has 0 aliphatic carbocycles. The van der Waals surface area contributed by atoms with Crippen molar-refractivity contribution in [3.8, 4) is 5.69 Å². The first-order chi connectivity index (χ1) is 9.99. The summed E-state index contributed by atoms with van der Waals surface area (Å²) in [5.41, 5.74) is 0.860. The molecule has 1 N–H and O–H groups in total. The average Bonchev–Trinajstić information content (AvgIpc) is 2.78. The number of rotatable bonds is 2. The minimum Gasteiger partial charge on any atom is -0.477 e. The van der Waals surface area contributed by atoms with E-state index in [9.17, 15) is 9.59 Å². The summed E-state index contributed by atoms with van der Waals surface area (Å²) in [7, 11) is 0. The quantitative estimate of drug-likeness (QED) is 0.787. The number of aromatic carboxylic acids is 1. The second-order valence-corrected chi connectivity index (χ2v) is 4.99. The SMILES string of the molecule is Cc1cn(-c2ccc(Cl)cc2)n2c(=O)c(C(=O)O)cnc12. The van der Waals surface area contributed by atoms with Crippen molar-refractivity contribution in [3.63, 3.8) is 0 Å². The Hall–Kier alpha value is -2.60. The van der Waals surface area contributed by atoms with Gasteiger partial charge in [-0.1, -0.05) is 11.6 Å². The smallest absolute Gasteiger partial charge is 0.343 e. The summed E-state index contributed by atoms with van der Waals surface area (Å²) in [5, 5.41) is 9.62. The highest BCUT2D eigenvalue weighted by Crippen LogP contribution is 2.16. The van der Waals surface area contributed by atoms with Crippen LogP contribution in [0, 0.1) is 6.92 Å². The van der Waals surface area contributed by atoms with Crippen LogP contribution < -0.4 is 5.56 Å². The molecule has 0 atom stereocenters. The number of carboxylic acids is 1. The monoisotopic (exact) mass is 303 g/mol. The fourth-order valence-corrected chi connectivity index (χ4v) is 2.27. The number of halogens is 1. The number of aryl methyl sites for hydroxylation is 1. The lowest BCUT2D eigenvalue weighted by molar-refractivity contribution is 0.0694. The molecule has 7 heteroatoms. The number of nitrogens with zero attached hydrogens (tertiary/aromatic N) is 3. The van der Waals surface area contributed by atoms with Crippen molar-refractivity contribution in [3.05, 3.63) is 63.2 Å². The van der Waals surface area contributed by atoms with Gasteiger partial charge in [0, 0.05) is 23.0 Å². The zero-order valence-corrected chi connectivity index (χ0v) is 11.7. The molecule has 6 nitrogen and oxygen atoms in total. The summed E-state index contributed by atoms with van der Waals surface area (Å²) >= 11 is 5.85. The third-order valence-corrected chi connectivity index (χ3v) is 3.40. The van der Waals surface area contributed by atoms with Crippen molar-refractivity contribution >= 4 is 23.2 Å². The molecule has 2 aromatic heterocycles. The predicted molar refractivity (Wildman–Crippen MR) is 77.5 cm³/mol. The molecule has 21 heavy (non-hydrogen) atoms. The van der Waals surface area contributed by atoms with Crippen molar-refractivity contribution in [1.29, 1.82) is 0 Å².